The molecule has 1 N–H and O–H groups in total. The smallest absolute Gasteiger partial charge is 0.262 e. The molecule has 0 aliphatic heterocycles. The van der Waals surface area contributed by atoms with Crippen LogP contribution in [0, 0.1) is 25.2 Å². The first-order valence-electron chi connectivity index (χ1n) is 9.70. The Bertz CT molecular complexity index is 1110. The number of rotatable bonds is 8. The highest BCUT2D eigenvalue weighted by Gasteiger charge is 2.21. The van der Waals surface area contributed by atoms with Gasteiger partial charge in [0.2, 0.25) is 10.0 Å². The van der Waals surface area contributed by atoms with Gasteiger partial charge in [-0.05, 0) is 49.6 Å². The number of aromatic nitrogens is 1. The molecule has 30 heavy (non-hydrogen) atoms. The molecule has 2 aromatic rings. The van der Waals surface area contributed by atoms with Crippen LogP contribution in [-0.2, 0) is 27.9 Å². The quantitative estimate of drug-likeness (QED) is 0.516. The standard InChI is InChI=1S/C22H28N4O3S/c1-6-11-26-16(2)12-19(17(26)3)13-20(14-23)22(27)24-15-18-9-7-8-10-21(18)30(28,29)25(4)5/h7-10,12-13H,6,11,15H2,1-5H3,(H,24,27)/b20-13+. The highest BCUT2D eigenvalue weighted by atomic mass is 32.2. The molecule has 8 heteroatoms. The van der Waals surface area contributed by atoms with Crippen LogP contribution >= 0.6 is 0 Å². The topological polar surface area (TPSA) is 95.2 Å². The van der Waals surface area contributed by atoms with Crippen molar-refractivity contribution in [2.75, 3.05) is 14.1 Å². The van der Waals surface area contributed by atoms with Crippen LogP contribution in [0.5, 0.6) is 0 Å². The van der Waals surface area contributed by atoms with Crippen molar-refractivity contribution in [3.05, 3.63) is 58.4 Å². The Labute approximate surface area is 178 Å². The lowest BCUT2D eigenvalue weighted by molar-refractivity contribution is -0.117. The minimum atomic E-state index is -3.64. The van der Waals surface area contributed by atoms with E-state index in [0.717, 1.165) is 34.2 Å². The third-order valence-corrected chi connectivity index (χ3v) is 6.81. The molecule has 0 saturated heterocycles. The Morgan fingerprint density at radius 2 is 1.93 bits per heavy atom. The van der Waals surface area contributed by atoms with Crippen molar-refractivity contribution in [2.24, 2.45) is 0 Å². The summed E-state index contributed by atoms with van der Waals surface area (Å²) in [7, 11) is -0.734. The number of carbonyl (C=O) groups is 1. The van der Waals surface area contributed by atoms with E-state index < -0.39 is 15.9 Å². The summed E-state index contributed by atoms with van der Waals surface area (Å²) in [5.74, 6) is -0.546. The van der Waals surface area contributed by atoms with Gasteiger partial charge in [0, 0.05) is 38.6 Å². The van der Waals surface area contributed by atoms with Gasteiger partial charge < -0.3 is 9.88 Å². The molecular weight excluding hydrogens is 400 g/mol. The van der Waals surface area contributed by atoms with Gasteiger partial charge in [-0.1, -0.05) is 25.1 Å². The van der Waals surface area contributed by atoms with Crippen molar-refractivity contribution in [3.8, 4) is 6.07 Å². The molecule has 0 atom stereocenters. The number of benzene rings is 1. The predicted molar refractivity (Wildman–Crippen MR) is 117 cm³/mol. The maximum Gasteiger partial charge on any atom is 0.262 e. The van der Waals surface area contributed by atoms with E-state index in [0.29, 0.717) is 5.56 Å². The van der Waals surface area contributed by atoms with E-state index >= 15 is 0 Å². The van der Waals surface area contributed by atoms with Gasteiger partial charge in [0.15, 0.2) is 0 Å². The number of sulfonamides is 1. The van der Waals surface area contributed by atoms with Crippen LogP contribution < -0.4 is 5.32 Å². The van der Waals surface area contributed by atoms with Gasteiger partial charge in [-0.2, -0.15) is 5.26 Å². The number of nitrogens with zero attached hydrogens (tertiary/aromatic N) is 3. The number of carbonyl (C=O) groups excluding carboxylic acids is 1. The maximum absolute atomic E-state index is 12.6. The summed E-state index contributed by atoms with van der Waals surface area (Å²) in [5, 5.41) is 12.2. The lowest BCUT2D eigenvalue weighted by Crippen LogP contribution is -2.27. The monoisotopic (exact) mass is 428 g/mol. The third-order valence-electron chi connectivity index (χ3n) is 4.90. The third kappa shape index (κ3) is 4.99. The van der Waals surface area contributed by atoms with E-state index in [2.05, 4.69) is 16.8 Å². The second-order valence-corrected chi connectivity index (χ2v) is 9.35. The van der Waals surface area contributed by atoms with Crippen molar-refractivity contribution in [3.63, 3.8) is 0 Å². The molecule has 1 aromatic carbocycles. The number of hydrogen-bond acceptors (Lipinski definition) is 4. The summed E-state index contributed by atoms with van der Waals surface area (Å²) in [5.41, 5.74) is 3.32. The Hall–Kier alpha value is -2.89. The second-order valence-electron chi connectivity index (χ2n) is 7.23. The van der Waals surface area contributed by atoms with Crippen molar-refractivity contribution in [2.45, 2.75) is 45.2 Å². The van der Waals surface area contributed by atoms with Crippen LogP contribution in [-0.4, -0.2) is 37.3 Å². The molecule has 0 fully saturated rings. The number of nitriles is 1. The molecule has 7 nitrogen and oxygen atoms in total. The van der Waals surface area contributed by atoms with E-state index in [9.17, 15) is 18.5 Å². The summed E-state index contributed by atoms with van der Waals surface area (Å²) in [4.78, 5) is 12.7. The van der Waals surface area contributed by atoms with Crippen LogP contribution in [0.1, 0.15) is 35.9 Å². The minimum Gasteiger partial charge on any atom is -0.349 e. The summed E-state index contributed by atoms with van der Waals surface area (Å²) in [6.45, 7) is 6.92. The molecule has 2 rings (SSSR count). The average molecular weight is 429 g/mol. The maximum atomic E-state index is 12.6. The van der Waals surface area contributed by atoms with Gasteiger partial charge in [-0.3, -0.25) is 4.79 Å². The van der Waals surface area contributed by atoms with Gasteiger partial charge in [0.1, 0.15) is 11.6 Å². The first-order chi connectivity index (χ1) is 14.1. The van der Waals surface area contributed by atoms with Crippen LogP contribution in [0.15, 0.2) is 40.8 Å². The second kappa shape index (κ2) is 9.74. The van der Waals surface area contributed by atoms with Crippen molar-refractivity contribution in [1.29, 1.82) is 5.26 Å². The normalized spacial score (nSPS) is 12.1. The fraction of sp³-hybridized carbons (Fsp3) is 0.364. The Morgan fingerprint density at radius 3 is 2.53 bits per heavy atom. The molecule has 0 saturated carbocycles. The zero-order chi connectivity index (χ0) is 22.5. The predicted octanol–water partition coefficient (Wildman–Crippen LogP) is 2.99. The molecule has 0 radical (unpaired) electrons. The molecule has 160 valence electrons. The SMILES string of the molecule is CCCn1c(C)cc(/C=C(\C#N)C(=O)NCc2ccccc2S(=O)(=O)N(C)C)c1C. The number of hydrogen-bond donors (Lipinski definition) is 1. The van der Waals surface area contributed by atoms with Crippen LogP contribution in [0.4, 0.5) is 0 Å². The largest absolute Gasteiger partial charge is 0.349 e. The highest BCUT2D eigenvalue weighted by molar-refractivity contribution is 7.89. The molecule has 1 amide bonds. The summed E-state index contributed by atoms with van der Waals surface area (Å²) in [6.07, 6.45) is 2.56. The first kappa shape index (κ1) is 23.4. The number of amides is 1. The molecule has 0 aliphatic rings. The molecule has 1 aromatic heterocycles. The highest BCUT2D eigenvalue weighted by Crippen LogP contribution is 2.20. The molecule has 0 unspecified atom stereocenters. The van der Waals surface area contributed by atoms with Crippen molar-refractivity contribution >= 4 is 22.0 Å². The van der Waals surface area contributed by atoms with Gasteiger partial charge in [-0.25, -0.2) is 12.7 Å². The molecule has 0 bridgehead atoms. The summed E-state index contributed by atoms with van der Waals surface area (Å²) < 4.78 is 28.3. The zero-order valence-electron chi connectivity index (χ0n) is 18.1. The zero-order valence-corrected chi connectivity index (χ0v) is 18.9. The molecule has 1 heterocycles. The van der Waals surface area contributed by atoms with Gasteiger partial charge in [0.05, 0.1) is 4.90 Å². The fourth-order valence-electron chi connectivity index (χ4n) is 3.21. The van der Waals surface area contributed by atoms with Crippen molar-refractivity contribution < 1.29 is 13.2 Å². The Kier molecular flexibility index (Phi) is 7.59. The van der Waals surface area contributed by atoms with Gasteiger partial charge >= 0.3 is 0 Å². The Balaban J connectivity index is 2.26. The molecular formula is C22H28N4O3S. The first-order valence-corrected chi connectivity index (χ1v) is 11.1. The molecule has 0 aliphatic carbocycles. The van der Waals surface area contributed by atoms with E-state index in [1.165, 1.54) is 20.2 Å². The summed E-state index contributed by atoms with van der Waals surface area (Å²) in [6, 6.07) is 10.4. The van der Waals surface area contributed by atoms with E-state index in [-0.39, 0.29) is 17.0 Å². The van der Waals surface area contributed by atoms with Crippen molar-refractivity contribution in [1.82, 2.24) is 14.2 Å². The lowest BCUT2D eigenvalue weighted by Gasteiger charge is -2.15. The summed E-state index contributed by atoms with van der Waals surface area (Å²) >= 11 is 0. The van der Waals surface area contributed by atoms with Gasteiger partial charge in [0.25, 0.3) is 5.91 Å². The van der Waals surface area contributed by atoms with E-state index in [1.54, 1.807) is 24.3 Å². The Morgan fingerprint density at radius 1 is 1.27 bits per heavy atom. The number of nitrogens with one attached hydrogen (secondary N) is 1. The molecule has 0 spiro atoms. The van der Waals surface area contributed by atoms with E-state index in [1.807, 2.05) is 26.0 Å². The van der Waals surface area contributed by atoms with Gasteiger partial charge in [-0.15, -0.1) is 0 Å². The van der Waals surface area contributed by atoms with Crippen LogP contribution in [0.25, 0.3) is 6.08 Å². The van der Waals surface area contributed by atoms with Crippen LogP contribution in [0.2, 0.25) is 0 Å². The fourth-order valence-corrected chi connectivity index (χ4v) is 4.33. The van der Waals surface area contributed by atoms with Crippen LogP contribution in [0.3, 0.4) is 0 Å². The van der Waals surface area contributed by atoms with E-state index in [4.69, 9.17) is 0 Å². The average Bonchev–Trinajstić information content (AvgIpc) is 2.97. The lowest BCUT2D eigenvalue weighted by atomic mass is 10.1. The number of aryl methyl sites for hydroxylation is 1. The minimum absolute atomic E-state index is 0.00401.